The molecule has 5 rings (SSSR count). The predicted molar refractivity (Wildman–Crippen MR) is 82.1 cm³/mol. The SMILES string of the molecule is O=C(N[C@@H]1CN2CCC1CC2)c1onc2cc(Br)ccc12. The van der Waals surface area contributed by atoms with E-state index in [9.17, 15) is 4.79 Å². The molecular formula is C15H16BrN3O2. The van der Waals surface area contributed by atoms with Gasteiger partial charge in [-0.05, 0) is 50.0 Å². The standard InChI is InChI=1S/C15H16BrN3O2/c16-10-1-2-11-12(7-10)18-21-14(11)15(20)17-13-8-19-5-3-9(13)4-6-19/h1-2,7,9,13H,3-6,8H2,(H,17,20)/t13-/m1/s1. The maximum Gasteiger partial charge on any atom is 0.290 e. The number of carbonyl (C=O) groups is 1. The zero-order valence-corrected chi connectivity index (χ0v) is 13.1. The van der Waals surface area contributed by atoms with E-state index in [1.54, 1.807) is 0 Å². The van der Waals surface area contributed by atoms with Gasteiger partial charge >= 0.3 is 0 Å². The molecule has 1 amide bonds. The number of nitrogens with one attached hydrogen (secondary N) is 1. The van der Waals surface area contributed by atoms with E-state index >= 15 is 0 Å². The highest BCUT2D eigenvalue weighted by atomic mass is 79.9. The second-order valence-corrected chi connectivity index (χ2v) is 6.81. The maximum absolute atomic E-state index is 12.5. The van der Waals surface area contributed by atoms with Gasteiger partial charge in [0.2, 0.25) is 5.76 Å². The number of nitrogens with zero attached hydrogens (tertiary/aromatic N) is 2. The fraction of sp³-hybridized carbons (Fsp3) is 0.467. The monoisotopic (exact) mass is 349 g/mol. The lowest BCUT2D eigenvalue weighted by molar-refractivity contribution is 0.0602. The van der Waals surface area contributed by atoms with Crippen LogP contribution in [0.15, 0.2) is 27.2 Å². The van der Waals surface area contributed by atoms with Crippen LogP contribution in [0, 0.1) is 5.92 Å². The number of hydrogen-bond donors (Lipinski definition) is 1. The molecule has 2 aromatic rings. The van der Waals surface area contributed by atoms with Crippen LogP contribution in [0.4, 0.5) is 0 Å². The van der Waals surface area contributed by atoms with E-state index in [1.807, 2.05) is 18.2 Å². The van der Waals surface area contributed by atoms with E-state index in [4.69, 9.17) is 4.52 Å². The zero-order chi connectivity index (χ0) is 14.4. The van der Waals surface area contributed by atoms with Crippen LogP contribution >= 0.6 is 15.9 Å². The van der Waals surface area contributed by atoms with E-state index in [1.165, 1.54) is 12.8 Å². The van der Waals surface area contributed by atoms with Crippen LogP contribution < -0.4 is 5.32 Å². The first-order chi connectivity index (χ1) is 10.2. The van der Waals surface area contributed by atoms with Crippen LogP contribution in [0.25, 0.3) is 10.9 Å². The highest BCUT2D eigenvalue weighted by Gasteiger charge is 2.35. The Morgan fingerprint density at radius 3 is 2.90 bits per heavy atom. The summed E-state index contributed by atoms with van der Waals surface area (Å²) >= 11 is 3.39. The second-order valence-electron chi connectivity index (χ2n) is 5.89. The molecule has 6 heteroatoms. The van der Waals surface area contributed by atoms with E-state index < -0.39 is 0 Å². The van der Waals surface area contributed by atoms with Crippen molar-refractivity contribution in [3.63, 3.8) is 0 Å². The number of hydrogen-bond acceptors (Lipinski definition) is 4. The molecule has 110 valence electrons. The van der Waals surface area contributed by atoms with Gasteiger partial charge in [0.15, 0.2) is 0 Å². The molecule has 0 radical (unpaired) electrons. The number of aromatic nitrogens is 1. The highest BCUT2D eigenvalue weighted by Crippen LogP contribution is 2.28. The van der Waals surface area contributed by atoms with Crippen molar-refractivity contribution >= 4 is 32.7 Å². The topological polar surface area (TPSA) is 58.4 Å². The van der Waals surface area contributed by atoms with Gasteiger partial charge < -0.3 is 14.7 Å². The molecule has 0 unspecified atom stereocenters. The molecule has 0 spiro atoms. The van der Waals surface area contributed by atoms with Crippen LogP contribution in [-0.2, 0) is 0 Å². The van der Waals surface area contributed by atoms with Gasteiger partial charge in [0.25, 0.3) is 5.91 Å². The quantitative estimate of drug-likeness (QED) is 0.904. The molecule has 4 heterocycles. The van der Waals surface area contributed by atoms with Gasteiger partial charge in [-0.2, -0.15) is 0 Å². The third-order valence-electron chi connectivity index (χ3n) is 4.62. The van der Waals surface area contributed by atoms with Crippen LogP contribution in [0.3, 0.4) is 0 Å². The van der Waals surface area contributed by atoms with Crippen LogP contribution in [0.1, 0.15) is 23.4 Å². The van der Waals surface area contributed by atoms with Gasteiger partial charge in [0, 0.05) is 17.1 Å². The largest absolute Gasteiger partial charge is 0.350 e. The van der Waals surface area contributed by atoms with Crippen LogP contribution in [0.2, 0.25) is 0 Å². The van der Waals surface area contributed by atoms with Crippen molar-refractivity contribution < 1.29 is 9.32 Å². The Morgan fingerprint density at radius 2 is 2.19 bits per heavy atom. The summed E-state index contributed by atoms with van der Waals surface area (Å²) in [7, 11) is 0. The average Bonchev–Trinajstić information content (AvgIpc) is 2.91. The summed E-state index contributed by atoms with van der Waals surface area (Å²) in [6, 6.07) is 5.84. The van der Waals surface area contributed by atoms with E-state index in [-0.39, 0.29) is 11.9 Å². The Hall–Kier alpha value is -1.40. The predicted octanol–water partition coefficient (Wildman–Crippen LogP) is 2.41. The maximum atomic E-state index is 12.5. The van der Waals surface area contributed by atoms with E-state index in [0.29, 0.717) is 17.2 Å². The molecule has 3 aliphatic heterocycles. The molecule has 3 fully saturated rings. The van der Waals surface area contributed by atoms with Gasteiger partial charge in [0.05, 0.1) is 5.39 Å². The summed E-state index contributed by atoms with van der Waals surface area (Å²) in [5.74, 6) is 0.759. The van der Waals surface area contributed by atoms with Crippen molar-refractivity contribution in [2.24, 2.45) is 5.92 Å². The van der Waals surface area contributed by atoms with E-state index in [0.717, 1.165) is 29.5 Å². The van der Waals surface area contributed by atoms with Gasteiger partial charge in [-0.15, -0.1) is 0 Å². The Morgan fingerprint density at radius 1 is 1.38 bits per heavy atom. The molecule has 5 nitrogen and oxygen atoms in total. The number of fused-ring (bicyclic) bond motifs is 4. The lowest BCUT2D eigenvalue weighted by Crippen LogP contribution is -2.57. The minimum absolute atomic E-state index is 0.154. The molecule has 3 aliphatic rings. The van der Waals surface area contributed by atoms with Gasteiger partial charge in [-0.25, -0.2) is 0 Å². The molecule has 1 atom stereocenters. The second kappa shape index (κ2) is 5.10. The van der Waals surface area contributed by atoms with Gasteiger partial charge in [-0.3, -0.25) is 4.79 Å². The summed E-state index contributed by atoms with van der Waals surface area (Å²) in [6.45, 7) is 3.28. The molecule has 3 saturated heterocycles. The van der Waals surface area contributed by atoms with Crippen molar-refractivity contribution in [2.45, 2.75) is 18.9 Å². The van der Waals surface area contributed by atoms with Crippen molar-refractivity contribution in [1.29, 1.82) is 0 Å². The number of piperidine rings is 3. The minimum atomic E-state index is -0.154. The number of benzene rings is 1. The molecule has 21 heavy (non-hydrogen) atoms. The van der Waals surface area contributed by atoms with Crippen LogP contribution in [-0.4, -0.2) is 41.6 Å². The first kappa shape index (κ1) is 13.3. The molecule has 1 aromatic heterocycles. The Bertz CT molecular complexity index is 691. The number of amides is 1. The Kier molecular flexibility index (Phi) is 3.23. The number of rotatable bonds is 2. The molecule has 0 saturated carbocycles. The molecular weight excluding hydrogens is 334 g/mol. The molecule has 0 aliphatic carbocycles. The summed E-state index contributed by atoms with van der Waals surface area (Å²) in [5.41, 5.74) is 0.698. The normalized spacial score (nSPS) is 28.0. The highest BCUT2D eigenvalue weighted by molar-refractivity contribution is 9.10. The lowest BCUT2D eigenvalue weighted by Gasteiger charge is -2.44. The molecule has 1 N–H and O–H groups in total. The first-order valence-electron chi connectivity index (χ1n) is 7.29. The van der Waals surface area contributed by atoms with E-state index in [2.05, 4.69) is 31.3 Å². The third kappa shape index (κ3) is 2.36. The lowest BCUT2D eigenvalue weighted by atomic mass is 9.84. The molecule has 2 bridgehead atoms. The van der Waals surface area contributed by atoms with Gasteiger partial charge in [0.1, 0.15) is 5.52 Å². The summed E-state index contributed by atoms with van der Waals surface area (Å²) in [5, 5.41) is 7.86. The van der Waals surface area contributed by atoms with Crippen molar-refractivity contribution in [1.82, 2.24) is 15.4 Å². The van der Waals surface area contributed by atoms with Crippen LogP contribution in [0.5, 0.6) is 0 Å². The smallest absolute Gasteiger partial charge is 0.290 e. The fourth-order valence-electron chi connectivity index (χ4n) is 3.44. The Balaban J connectivity index is 1.56. The van der Waals surface area contributed by atoms with Crippen molar-refractivity contribution in [3.8, 4) is 0 Å². The van der Waals surface area contributed by atoms with Crippen molar-refractivity contribution in [2.75, 3.05) is 19.6 Å². The summed E-state index contributed by atoms with van der Waals surface area (Å²) in [6.07, 6.45) is 2.35. The van der Waals surface area contributed by atoms with Crippen molar-refractivity contribution in [3.05, 3.63) is 28.4 Å². The van der Waals surface area contributed by atoms with Gasteiger partial charge in [-0.1, -0.05) is 21.1 Å². The minimum Gasteiger partial charge on any atom is -0.350 e. The summed E-state index contributed by atoms with van der Waals surface area (Å²) < 4.78 is 6.18. The zero-order valence-electron chi connectivity index (χ0n) is 11.5. The number of carbonyl (C=O) groups excluding carboxylic acids is 1. The number of halogens is 1. The summed E-state index contributed by atoms with van der Waals surface area (Å²) in [4.78, 5) is 14.9. The Labute approximate surface area is 130 Å². The average molecular weight is 350 g/mol. The third-order valence-corrected chi connectivity index (χ3v) is 5.11. The molecule has 1 aromatic carbocycles. The fourth-order valence-corrected chi connectivity index (χ4v) is 3.79. The first-order valence-corrected chi connectivity index (χ1v) is 8.08.